The van der Waals surface area contributed by atoms with Gasteiger partial charge in [-0.3, -0.25) is 38.4 Å². The van der Waals surface area contributed by atoms with E-state index in [-0.39, 0.29) is 113 Å². The van der Waals surface area contributed by atoms with E-state index in [1.807, 2.05) is 24.3 Å². The Morgan fingerprint density at radius 3 is 0.872 bits per heavy atom. The first-order valence-corrected chi connectivity index (χ1v) is 31.8. The largest absolute Gasteiger partial charge is 0.399 e. The van der Waals surface area contributed by atoms with Gasteiger partial charge in [0.05, 0.1) is 68.0 Å². The van der Waals surface area contributed by atoms with Gasteiger partial charge in [-0.15, -0.1) is 0 Å². The summed E-state index contributed by atoms with van der Waals surface area (Å²) in [5.41, 5.74) is 11.3. The number of anilines is 4. The summed E-state index contributed by atoms with van der Waals surface area (Å²) < 4.78 is 34.3. The molecule has 4 fully saturated rings. The first kappa shape index (κ1) is 51.7. The van der Waals surface area contributed by atoms with Gasteiger partial charge in [0.2, 0.25) is 23.6 Å². The Balaban J connectivity index is 0.762. The van der Waals surface area contributed by atoms with Crippen molar-refractivity contribution in [1.82, 2.24) is 9.13 Å². The minimum atomic E-state index is -3.97. The molecule has 2 saturated heterocycles. The number of fused-ring (bicyclic) bond motifs is 13. The molecule has 8 aromatic carbocycles. The van der Waals surface area contributed by atoms with Crippen molar-refractivity contribution in [2.75, 3.05) is 21.3 Å². The number of amides is 4. The fraction of sp³-hybridized carbons (Fsp3) is 0.147. The Morgan fingerprint density at radius 2 is 0.581 bits per heavy atom. The third-order valence-electron chi connectivity index (χ3n) is 19.1. The quantitative estimate of drug-likeness (QED) is 0.0683. The van der Waals surface area contributed by atoms with Gasteiger partial charge in [0.25, 0.3) is 22.2 Å². The smallest absolute Gasteiger partial charge is 0.266 e. The molecule has 4 N–H and O–H groups in total. The van der Waals surface area contributed by atoms with Crippen molar-refractivity contribution in [2.24, 2.45) is 47.3 Å². The van der Waals surface area contributed by atoms with Crippen LogP contribution in [-0.4, -0.2) is 32.8 Å². The van der Waals surface area contributed by atoms with Crippen molar-refractivity contribution in [3.63, 3.8) is 0 Å². The van der Waals surface area contributed by atoms with Gasteiger partial charge in [-0.25, -0.2) is 18.9 Å². The Morgan fingerprint density at radius 1 is 0.326 bits per heavy atom. The van der Waals surface area contributed by atoms with Crippen LogP contribution in [0, 0.1) is 47.3 Å². The van der Waals surface area contributed by atoms with Gasteiger partial charge in [0.1, 0.15) is 0 Å². The molecule has 0 radical (unpaired) electrons. The number of aromatic nitrogens is 2. The van der Waals surface area contributed by atoms with Crippen LogP contribution in [0.1, 0.15) is 12.8 Å². The molecule has 6 aliphatic rings. The van der Waals surface area contributed by atoms with Crippen molar-refractivity contribution < 1.29 is 28.3 Å². The molecule has 2 aromatic heterocycles. The molecule has 16 nitrogen and oxygen atoms in total. The fourth-order valence-electron chi connectivity index (χ4n) is 15.2. The summed E-state index contributed by atoms with van der Waals surface area (Å²) in [5.74, 6) is -2.99. The molecule has 4 amide bonds. The molecule has 2 aliphatic heterocycles. The number of rotatable bonds is 10. The van der Waals surface area contributed by atoms with Crippen molar-refractivity contribution in [1.29, 1.82) is 0 Å². The predicted molar refractivity (Wildman–Crippen MR) is 333 cm³/mol. The zero-order valence-electron chi connectivity index (χ0n) is 45.4. The first-order chi connectivity index (χ1) is 41.5. The number of carbonyl (C=O) groups is 4. The van der Waals surface area contributed by atoms with Crippen molar-refractivity contribution >= 4 is 125 Å². The molecule has 0 spiro atoms. The van der Waals surface area contributed by atoms with E-state index < -0.39 is 60.2 Å². The Bertz CT molecular complexity index is 4710. The Kier molecular flexibility index (Phi) is 11.0. The van der Waals surface area contributed by atoms with E-state index in [1.165, 1.54) is 46.2 Å². The molecule has 10 atom stereocenters. The van der Waals surface area contributed by atoms with Gasteiger partial charge < -0.3 is 20.6 Å². The maximum Gasteiger partial charge on any atom is 0.266 e. The average molecular weight is 1170 g/mol. The number of benzene rings is 8. The molecule has 420 valence electrons. The Hall–Kier alpha value is -9.88. The van der Waals surface area contributed by atoms with E-state index in [4.69, 9.17) is 11.5 Å². The van der Waals surface area contributed by atoms with E-state index in [0.29, 0.717) is 32.8 Å². The molecule has 10 unspecified atom stereocenters. The number of allylic oxidation sites excluding steroid dienone is 4. The fourth-order valence-corrected chi connectivity index (χ4v) is 20.6. The molecule has 18 heteroatoms. The van der Waals surface area contributed by atoms with Crippen LogP contribution < -0.4 is 75.3 Å². The SMILES string of the molecule is Nc1cccc(P(=O)(c2cccc(N3C(=O)C4C5C=CC(C5)C4C3=O)c2)c2cccc(-n3c(=O)c4cc5cc6c(=O)n(-c7cccc(P(=O)(c8cccc(N)c8)c8cccc(N9C(=O)C%10C%11C=CC(C%11)C%10C9=O)c8)c7)c(=O)c6cc5cc4c3=O)c2)c1. The number of hydrogen-bond donors (Lipinski definition) is 2. The van der Waals surface area contributed by atoms with Crippen molar-refractivity contribution in [3.05, 3.63) is 236 Å². The van der Waals surface area contributed by atoms with Crippen LogP contribution in [0.25, 0.3) is 43.7 Å². The van der Waals surface area contributed by atoms with Crippen molar-refractivity contribution in [3.8, 4) is 11.4 Å². The molecule has 10 aromatic rings. The zero-order valence-corrected chi connectivity index (χ0v) is 47.2. The van der Waals surface area contributed by atoms with Crippen LogP contribution >= 0.6 is 14.3 Å². The van der Waals surface area contributed by atoms with Crippen LogP contribution in [-0.2, 0) is 28.3 Å². The number of imide groups is 2. The molecular weight excluding hydrogens is 1120 g/mol. The molecule has 2 saturated carbocycles. The van der Waals surface area contributed by atoms with Crippen LogP contribution in [0.15, 0.2) is 213 Å². The molecule has 86 heavy (non-hydrogen) atoms. The van der Waals surface area contributed by atoms with E-state index in [1.54, 1.807) is 133 Å². The number of nitrogens with zero attached hydrogens (tertiary/aromatic N) is 4. The summed E-state index contributed by atoms with van der Waals surface area (Å²) in [6.45, 7) is 0. The van der Waals surface area contributed by atoms with E-state index in [9.17, 15) is 38.4 Å². The van der Waals surface area contributed by atoms with Crippen LogP contribution in [0.5, 0.6) is 0 Å². The second-order valence-electron chi connectivity index (χ2n) is 23.5. The average Bonchev–Trinajstić information content (AvgIpc) is 1.91. The molecule has 16 rings (SSSR count). The summed E-state index contributed by atoms with van der Waals surface area (Å²) in [4.78, 5) is 117. The summed E-state index contributed by atoms with van der Waals surface area (Å²) in [5, 5.41) is 2.61. The first-order valence-electron chi connectivity index (χ1n) is 28.4. The van der Waals surface area contributed by atoms with Gasteiger partial charge in [-0.1, -0.05) is 97.1 Å². The number of hydrogen-bond acceptors (Lipinski definition) is 12. The highest BCUT2D eigenvalue weighted by Crippen LogP contribution is 2.55. The Labute approximate surface area is 488 Å². The second-order valence-corrected chi connectivity index (χ2v) is 29.1. The number of nitrogens with two attached hydrogens (primary N) is 2. The van der Waals surface area contributed by atoms with Gasteiger partial charge >= 0.3 is 0 Å². The highest BCUT2D eigenvalue weighted by Gasteiger charge is 2.61. The van der Waals surface area contributed by atoms with Crippen LogP contribution in [0.4, 0.5) is 22.7 Å². The molecule has 4 heterocycles. The zero-order chi connectivity index (χ0) is 59.0. The molecular formula is C68H48N6O10P2. The van der Waals surface area contributed by atoms with E-state index in [0.717, 1.165) is 22.0 Å². The lowest BCUT2D eigenvalue weighted by molar-refractivity contribution is -0.124. The predicted octanol–water partition coefficient (Wildman–Crippen LogP) is 6.11. The van der Waals surface area contributed by atoms with Crippen LogP contribution in [0.3, 0.4) is 0 Å². The normalized spacial score (nSPS) is 24.0. The molecule has 4 bridgehead atoms. The van der Waals surface area contributed by atoms with Gasteiger partial charge in [0, 0.05) is 43.2 Å². The highest BCUT2D eigenvalue weighted by atomic mass is 31.2. The standard InChI is InChI=1S/C68H48N6O10P2/c69-41-7-1-13-47(29-41)85(83,51-17-5-11-45(33-51)73-65(79)57-35-19-20-36(23-35)58(57)66(73)80)49-15-3-9-43(31-49)71-61(75)53-25-39-27-55-56(28-40(39)26-54(53)62(71)76)64(78)72(63(55)77)44-10-4-16-50(32-44)86(84,48-14-2-8-42(70)30-48)52-18-6-12-46(34-52)74-67(81)59-37-21-22-38(24-37)60(59)68(74)82/h1-22,25-38,57-60H,23-24,69-70H2. The lowest BCUT2D eigenvalue weighted by Gasteiger charge is -2.23. The summed E-state index contributed by atoms with van der Waals surface area (Å²) >= 11 is 0. The number of nitrogen functional groups attached to an aromatic ring is 2. The highest BCUT2D eigenvalue weighted by molar-refractivity contribution is 7.85. The minimum Gasteiger partial charge on any atom is -0.399 e. The lowest BCUT2D eigenvalue weighted by Crippen LogP contribution is -2.34. The summed E-state index contributed by atoms with van der Waals surface area (Å²) in [6, 6.07) is 44.9. The monoisotopic (exact) mass is 1170 g/mol. The van der Waals surface area contributed by atoms with Gasteiger partial charge in [-0.2, -0.15) is 0 Å². The van der Waals surface area contributed by atoms with E-state index in [2.05, 4.69) is 0 Å². The lowest BCUT2D eigenvalue weighted by atomic mass is 9.85. The maximum absolute atomic E-state index is 16.1. The molecule has 4 aliphatic carbocycles. The topological polar surface area (TPSA) is 239 Å². The summed E-state index contributed by atoms with van der Waals surface area (Å²) in [6.07, 6.45) is 9.61. The van der Waals surface area contributed by atoms with Crippen molar-refractivity contribution in [2.45, 2.75) is 12.8 Å². The van der Waals surface area contributed by atoms with Gasteiger partial charge in [0.15, 0.2) is 14.3 Å². The van der Waals surface area contributed by atoms with E-state index >= 15 is 9.13 Å². The maximum atomic E-state index is 16.1. The van der Waals surface area contributed by atoms with Crippen LogP contribution in [0.2, 0.25) is 0 Å². The third kappa shape index (κ3) is 7.11. The number of carbonyl (C=O) groups excluding carboxylic acids is 4. The minimum absolute atomic E-state index is 0.0117. The summed E-state index contributed by atoms with van der Waals surface area (Å²) in [7, 11) is -7.93. The second kappa shape index (κ2) is 18.3. The third-order valence-corrected chi connectivity index (χ3v) is 25.1. The van der Waals surface area contributed by atoms with Gasteiger partial charge in [-0.05, 0) is 144 Å².